The predicted octanol–water partition coefficient (Wildman–Crippen LogP) is 1.28. The van der Waals surface area contributed by atoms with Crippen molar-refractivity contribution in [2.75, 3.05) is 0 Å². The summed E-state index contributed by atoms with van der Waals surface area (Å²) in [6.07, 6.45) is 2.12. The predicted molar refractivity (Wildman–Crippen MR) is 40.1 cm³/mol. The lowest BCUT2D eigenvalue weighted by atomic mass is 10.1. The van der Waals surface area contributed by atoms with Crippen molar-refractivity contribution in [3.63, 3.8) is 0 Å². The minimum atomic E-state index is 0.729. The highest BCUT2D eigenvalue weighted by Gasteiger charge is 2.15. The van der Waals surface area contributed by atoms with E-state index in [0.717, 1.165) is 18.7 Å². The van der Waals surface area contributed by atoms with Crippen molar-refractivity contribution in [3.8, 4) is 6.19 Å². The van der Waals surface area contributed by atoms with Gasteiger partial charge in [-0.3, -0.25) is 0 Å². The van der Waals surface area contributed by atoms with Gasteiger partial charge >= 0.3 is 0 Å². The van der Waals surface area contributed by atoms with E-state index in [2.05, 4.69) is 12.3 Å². The van der Waals surface area contributed by atoms with Crippen molar-refractivity contribution in [2.24, 2.45) is 0 Å². The van der Waals surface area contributed by atoms with Crippen LogP contribution < -0.4 is 0 Å². The molecule has 2 nitrogen and oxygen atoms in total. The Bertz CT molecular complexity index is 287. The van der Waals surface area contributed by atoms with Crippen LogP contribution in [0.5, 0.6) is 0 Å². The average Bonchev–Trinajstić information content (AvgIpc) is 2.46. The first-order valence-corrected chi connectivity index (χ1v) is 3.53. The molecule has 1 aromatic rings. The van der Waals surface area contributed by atoms with Gasteiger partial charge in [0, 0.05) is 0 Å². The Morgan fingerprint density at radius 3 is 3.18 bits per heavy atom. The zero-order valence-corrected chi connectivity index (χ0v) is 6.04. The van der Waals surface area contributed by atoms with E-state index in [-0.39, 0.29) is 0 Å². The molecule has 0 N–H and O–H groups in total. The quantitative estimate of drug-likeness (QED) is 0.511. The molecule has 0 aliphatic carbocycles. The maximum atomic E-state index is 8.60. The first-order valence-electron chi connectivity index (χ1n) is 3.53. The van der Waals surface area contributed by atoms with E-state index in [4.69, 9.17) is 5.26 Å². The fraction of sp³-hybridized carbons (Fsp3) is 0.222. The summed E-state index contributed by atoms with van der Waals surface area (Å²) in [6, 6.07) is 9.01. The number of fused-ring (bicyclic) bond motifs is 1. The van der Waals surface area contributed by atoms with E-state index in [0.29, 0.717) is 0 Å². The van der Waals surface area contributed by atoms with Crippen LogP contribution in [0.3, 0.4) is 0 Å². The summed E-state index contributed by atoms with van der Waals surface area (Å²) >= 11 is 0. The molecular formula is C9H7N2. The minimum absolute atomic E-state index is 0.729. The maximum absolute atomic E-state index is 8.60. The van der Waals surface area contributed by atoms with Crippen LogP contribution in [0, 0.1) is 17.5 Å². The zero-order valence-electron chi connectivity index (χ0n) is 6.04. The van der Waals surface area contributed by atoms with E-state index in [1.165, 1.54) is 5.56 Å². The van der Waals surface area contributed by atoms with Gasteiger partial charge in [-0.15, -0.1) is 0 Å². The molecule has 2 heteroatoms. The second kappa shape index (κ2) is 2.28. The van der Waals surface area contributed by atoms with Crippen LogP contribution in [0.2, 0.25) is 0 Å². The molecule has 0 saturated heterocycles. The third-order valence-corrected chi connectivity index (χ3v) is 1.89. The lowest BCUT2D eigenvalue weighted by Crippen LogP contribution is -2.06. The van der Waals surface area contributed by atoms with Crippen LogP contribution in [0.15, 0.2) is 18.2 Å². The van der Waals surface area contributed by atoms with Gasteiger partial charge in [0.1, 0.15) is 0 Å². The topological polar surface area (TPSA) is 27.0 Å². The van der Waals surface area contributed by atoms with Gasteiger partial charge in [0.2, 0.25) is 0 Å². The first kappa shape index (κ1) is 6.23. The van der Waals surface area contributed by atoms with Gasteiger partial charge in [-0.1, -0.05) is 18.2 Å². The molecule has 1 aliphatic heterocycles. The molecular weight excluding hydrogens is 136 g/mol. The summed E-state index contributed by atoms with van der Waals surface area (Å²) in [7, 11) is 0. The smallest absolute Gasteiger partial charge is 0.179 e. The molecule has 0 atom stereocenters. The number of nitrogens with zero attached hydrogens (tertiary/aromatic N) is 2. The Hall–Kier alpha value is -1.49. The molecule has 1 radical (unpaired) electrons. The molecule has 53 valence electrons. The molecule has 0 amide bonds. The summed E-state index contributed by atoms with van der Waals surface area (Å²) in [5, 5.41) is 8.60. The number of hydrogen-bond donors (Lipinski definition) is 0. The molecule has 1 aliphatic rings. The first-order chi connectivity index (χ1) is 5.40. The van der Waals surface area contributed by atoms with Crippen LogP contribution in [0.1, 0.15) is 11.1 Å². The van der Waals surface area contributed by atoms with Gasteiger partial charge in [-0.25, -0.2) is 0 Å². The summed E-state index contributed by atoms with van der Waals surface area (Å²) in [5.74, 6) is 0. The number of benzene rings is 1. The van der Waals surface area contributed by atoms with E-state index >= 15 is 0 Å². The molecule has 0 spiro atoms. The lowest BCUT2D eigenvalue weighted by molar-refractivity contribution is 0.417. The molecule has 0 fully saturated rings. The van der Waals surface area contributed by atoms with Crippen LogP contribution in [0.25, 0.3) is 0 Å². The van der Waals surface area contributed by atoms with Gasteiger partial charge in [-0.2, -0.15) is 5.26 Å². The van der Waals surface area contributed by atoms with Gasteiger partial charge in [0.15, 0.2) is 6.19 Å². The minimum Gasteiger partial charge on any atom is -0.302 e. The molecule has 0 bridgehead atoms. The molecule has 0 aromatic heterocycles. The Kier molecular flexibility index (Phi) is 1.29. The largest absolute Gasteiger partial charge is 0.302 e. The van der Waals surface area contributed by atoms with Crippen molar-refractivity contribution in [1.29, 1.82) is 5.26 Å². The molecule has 1 heterocycles. The Morgan fingerprint density at radius 2 is 2.45 bits per heavy atom. The van der Waals surface area contributed by atoms with E-state index in [9.17, 15) is 0 Å². The third-order valence-electron chi connectivity index (χ3n) is 1.89. The highest BCUT2D eigenvalue weighted by atomic mass is 15.1. The van der Waals surface area contributed by atoms with Crippen molar-refractivity contribution in [2.45, 2.75) is 13.1 Å². The maximum Gasteiger partial charge on any atom is 0.179 e. The van der Waals surface area contributed by atoms with Gasteiger partial charge in [0.25, 0.3) is 0 Å². The standard InChI is InChI=1S/C9H7N2/c10-7-11-5-8-3-1-2-4-9(8)6-11/h1-3H,5-6H2. The second-order valence-electron chi connectivity index (χ2n) is 2.63. The second-order valence-corrected chi connectivity index (χ2v) is 2.63. The van der Waals surface area contributed by atoms with Crippen LogP contribution in [-0.2, 0) is 13.1 Å². The number of hydrogen-bond acceptors (Lipinski definition) is 2. The summed E-state index contributed by atoms with van der Waals surface area (Å²) in [4.78, 5) is 1.72. The average molecular weight is 143 g/mol. The highest BCUT2D eigenvalue weighted by molar-refractivity contribution is 5.29. The van der Waals surface area contributed by atoms with E-state index in [1.54, 1.807) is 4.90 Å². The summed E-state index contributed by atoms with van der Waals surface area (Å²) in [6.45, 7) is 1.48. The lowest BCUT2D eigenvalue weighted by Gasteiger charge is -2.01. The summed E-state index contributed by atoms with van der Waals surface area (Å²) < 4.78 is 0. The van der Waals surface area contributed by atoms with E-state index in [1.807, 2.05) is 18.2 Å². The fourth-order valence-electron chi connectivity index (χ4n) is 1.32. The highest BCUT2D eigenvalue weighted by Crippen LogP contribution is 2.20. The van der Waals surface area contributed by atoms with E-state index < -0.39 is 0 Å². The van der Waals surface area contributed by atoms with Gasteiger partial charge in [0.05, 0.1) is 13.1 Å². The zero-order chi connectivity index (χ0) is 7.68. The molecule has 0 unspecified atom stereocenters. The number of rotatable bonds is 0. The van der Waals surface area contributed by atoms with Gasteiger partial charge < -0.3 is 4.90 Å². The third kappa shape index (κ3) is 0.947. The molecule has 11 heavy (non-hydrogen) atoms. The Morgan fingerprint density at radius 1 is 1.55 bits per heavy atom. The molecule has 1 aromatic carbocycles. The summed E-state index contributed by atoms with van der Waals surface area (Å²) in [5.41, 5.74) is 2.39. The van der Waals surface area contributed by atoms with Crippen molar-refractivity contribution < 1.29 is 0 Å². The normalized spacial score (nSPS) is 14.3. The monoisotopic (exact) mass is 143 g/mol. The van der Waals surface area contributed by atoms with Crippen molar-refractivity contribution in [1.82, 2.24) is 4.90 Å². The van der Waals surface area contributed by atoms with Crippen LogP contribution in [-0.4, -0.2) is 4.90 Å². The van der Waals surface area contributed by atoms with Crippen molar-refractivity contribution in [3.05, 3.63) is 35.4 Å². The van der Waals surface area contributed by atoms with Crippen LogP contribution in [0.4, 0.5) is 0 Å². The fourth-order valence-corrected chi connectivity index (χ4v) is 1.32. The Labute approximate surface area is 65.7 Å². The van der Waals surface area contributed by atoms with Crippen LogP contribution >= 0.6 is 0 Å². The number of nitriles is 1. The Balaban J connectivity index is 2.35. The van der Waals surface area contributed by atoms with Gasteiger partial charge in [-0.05, 0) is 17.2 Å². The SMILES string of the molecule is N#CN1Cc2[c]cccc2C1. The molecule has 0 saturated carbocycles. The molecule has 2 rings (SSSR count). The van der Waals surface area contributed by atoms with Crippen molar-refractivity contribution >= 4 is 0 Å².